The molecule has 63 heavy (non-hydrogen) atoms. The predicted molar refractivity (Wildman–Crippen MR) is 243 cm³/mol. The van der Waals surface area contributed by atoms with Gasteiger partial charge in [0.2, 0.25) is 5.69 Å². The van der Waals surface area contributed by atoms with Gasteiger partial charge < -0.3 is 10.2 Å². The first kappa shape index (κ1) is 48.5. The molecule has 2 aliphatic rings. The topological polar surface area (TPSA) is 211 Å². The maximum absolute atomic E-state index is 12.6. The summed E-state index contributed by atoms with van der Waals surface area (Å²) in [6, 6.07) is 11.8. The Hall–Kier alpha value is -3.95. The number of hydrogen-bond acceptors (Lipinski definition) is 11. The lowest BCUT2D eigenvalue weighted by molar-refractivity contribution is -0.777. The van der Waals surface area contributed by atoms with Crippen molar-refractivity contribution in [1.29, 1.82) is 0 Å². The van der Waals surface area contributed by atoms with Gasteiger partial charge in [-0.3, -0.25) is 18.7 Å². The molecule has 0 saturated heterocycles. The zero-order valence-electron chi connectivity index (χ0n) is 36.1. The summed E-state index contributed by atoms with van der Waals surface area (Å²) in [5.41, 5.74) is 3.47. The van der Waals surface area contributed by atoms with Crippen LogP contribution in [-0.2, 0) is 50.6 Å². The van der Waals surface area contributed by atoms with Crippen molar-refractivity contribution in [3.8, 4) is 0 Å². The smallest absolute Gasteiger partial charge is 0.295 e. The highest BCUT2D eigenvalue weighted by atomic mass is 32.2. The lowest BCUT2D eigenvalue weighted by Crippen LogP contribution is -2.28. The fourth-order valence-electron chi connectivity index (χ4n) is 9.14. The molecule has 6 rings (SSSR count). The van der Waals surface area contributed by atoms with Crippen LogP contribution in [0.3, 0.4) is 0 Å². The fraction of sp³-hybridized carbons (Fsp3) is 0.400. The SMILES string of the molecule is CCCCCCN1C(=CC=CC=CC2=[N+](CCCCCC)c3ccc4c(S(=O)(=O)O)cc(S(=O)(=O)O)cc4c3C2(C)C)C(C)(C)c2c1ccc1c(SOO[O-])cc(S(=O)(=O)O)cc21. The summed E-state index contributed by atoms with van der Waals surface area (Å²) in [5.74, 6) is 0. The number of benzene rings is 4. The van der Waals surface area contributed by atoms with Gasteiger partial charge in [0.15, 0.2) is 5.71 Å². The molecule has 2 aliphatic heterocycles. The van der Waals surface area contributed by atoms with E-state index in [-0.39, 0.29) is 20.6 Å². The third-order valence-electron chi connectivity index (χ3n) is 12.0. The Kier molecular flexibility index (Phi) is 14.5. The van der Waals surface area contributed by atoms with E-state index in [0.717, 1.165) is 85.8 Å². The first-order valence-electron chi connectivity index (χ1n) is 20.8. The summed E-state index contributed by atoms with van der Waals surface area (Å²) in [6.07, 6.45) is 17.7. The Bertz CT molecular complexity index is 2900. The molecule has 0 aromatic heterocycles. The molecule has 14 nitrogen and oxygen atoms in total. The highest BCUT2D eigenvalue weighted by Gasteiger charge is 2.46. The highest BCUT2D eigenvalue weighted by Crippen LogP contribution is 2.52. The minimum absolute atomic E-state index is 0.126. The lowest BCUT2D eigenvalue weighted by atomic mass is 9.79. The first-order chi connectivity index (χ1) is 29.6. The highest BCUT2D eigenvalue weighted by molar-refractivity contribution is 7.94. The van der Waals surface area contributed by atoms with Crippen LogP contribution in [-0.4, -0.2) is 62.3 Å². The molecule has 0 amide bonds. The molecule has 340 valence electrons. The van der Waals surface area contributed by atoms with Crippen molar-refractivity contribution in [2.75, 3.05) is 18.0 Å². The summed E-state index contributed by atoms with van der Waals surface area (Å²) in [5, 5.41) is 15.9. The van der Waals surface area contributed by atoms with Gasteiger partial charge in [0.25, 0.3) is 30.4 Å². The van der Waals surface area contributed by atoms with Crippen LogP contribution in [0.2, 0.25) is 0 Å². The minimum Gasteiger partial charge on any atom is -0.691 e. The Morgan fingerprint density at radius 1 is 0.698 bits per heavy atom. The molecule has 0 atom stereocenters. The van der Waals surface area contributed by atoms with Gasteiger partial charge in [0.1, 0.15) is 11.4 Å². The van der Waals surface area contributed by atoms with Gasteiger partial charge >= 0.3 is 0 Å². The summed E-state index contributed by atoms with van der Waals surface area (Å²) in [6.45, 7) is 13.6. The molecule has 2 heterocycles. The summed E-state index contributed by atoms with van der Waals surface area (Å²) in [4.78, 5) is 0.885. The van der Waals surface area contributed by atoms with Crippen LogP contribution in [0.25, 0.3) is 21.5 Å². The van der Waals surface area contributed by atoms with E-state index in [1.165, 1.54) is 18.2 Å². The van der Waals surface area contributed by atoms with Gasteiger partial charge in [0, 0.05) is 57.8 Å². The van der Waals surface area contributed by atoms with Gasteiger partial charge in [-0.15, -0.1) is 0 Å². The molecule has 18 heteroatoms. The van der Waals surface area contributed by atoms with Crippen LogP contribution in [0.5, 0.6) is 0 Å². The van der Waals surface area contributed by atoms with Crippen molar-refractivity contribution in [1.82, 2.24) is 0 Å². The van der Waals surface area contributed by atoms with Crippen molar-refractivity contribution >= 4 is 81.0 Å². The molecular weight excluding hydrogens is 889 g/mol. The number of anilines is 1. The number of fused-ring (bicyclic) bond motifs is 6. The summed E-state index contributed by atoms with van der Waals surface area (Å²) in [7, 11) is -14.4. The molecule has 0 saturated carbocycles. The molecule has 0 fully saturated rings. The van der Waals surface area contributed by atoms with E-state index in [4.69, 9.17) is 0 Å². The van der Waals surface area contributed by atoms with E-state index in [0.29, 0.717) is 41.5 Å². The second kappa shape index (κ2) is 18.9. The molecular formula is C45H54N2O12S4. The first-order valence-corrected chi connectivity index (χ1v) is 25.9. The number of rotatable bonds is 19. The predicted octanol–water partition coefficient (Wildman–Crippen LogP) is 9.29. The van der Waals surface area contributed by atoms with Gasteiger partial charge in [-0.05, 0) is 90.9 Å². The Balaban J connectivity index is 1.45. The van der Waals surface area contributed by atoms with E-state index in [1.807, 2.05) is 70.2 Å². The van der Waals surface area contributed by atoms with E-state index < -0.39 is 51.0 Å². The number of hydrogen-bond donors (Lipinski definition) is 3. The second-order valence-electron chi connectivity index (χ2n) is 17.0. The van der Waals surface area contributed by atoms with Gasteiger partial charge in [-0.25, -0.2) is 0 Å². The van der Waals surface area contributed by atoms with Crippen LogP contribution in [0, 0.1) is 0 Å². The van der Waals surface area contributed by atoms with Crippen LogP contribution in [0.4, 0.5) is 11.4 Å². The lowest BCUT2D eigenvalue weighted by Gasteiger charge is -2.27. The van der Waals surface area contributed by atoms with Crippen molar-refractivity contribution in [2.45, 2.75) is 123 Å². The zero-order valence-corrected chi connectivity index (χ0v) is 39.4. The quantitative estimate of drug-likeness (QED) is 0.0152. The Morgan fingerprint density at radius 2 is 1.32 bits per heavy atom. The normalized spacial score (nSPS) is 17.0. The maximum Gasteiger partial charge on any atom is 0.295 e. The molecule has 0 radical (unpaired) electrons. The largest absolute Gasteiger partial charge is 0.691 e. The van der Waals surface area contributed by atoms with Crippen molar-refractivity contribution < 1.29 is 58.1 Å². The van der Waals surface area contributed by atoms with Crippen molar-refractivity contribution in [3.05, 3.63) is 95.7 Å². The summed E-state index contributed by atoms with van der Waals surface area (Å²) < 4.78 is 112. The van der Waals surface area contributed by atoms with E-state index in [1.54, 1.807) is 12.1 Å². The average Bonchev–Trinajstić information content (AvgIpc) is 3.56. The van der Waals surface area contributed by atoms with Gasteiger partial charge in [0.05, 0.1) is 27.2 Å². The van der Waals surface area contributed by atoms with Crippen molar-refractivity contribution in [3.63, 3.8) is 0 Å². The average molecular weight is 943 g/mol. The zero-order chi connectivity index (χ0) is 46.1. The Labute approximate surface area is 374 Å². The molecule has 0 unspecified atom stereocenters. The van der Waals surface area contributed by atoms with Crippen LogP contribution >= 0.6 is 12.0 Å². The third kappa shape index (κ3) is 9.85. The molecule has 0 bridgehead atoms. The number of nitrogens with zero attached hydrogens (tertiary/aromatic N) is 2. The number of allylic oxidation sites excluding steroid dienone is 6. The molecule has 4 aromatic carbocycles. The molecule has 0 aliphatic carbocycles. The van der Waals surface area contributed by atoms with E-state index >= 15 is 0 Å². The molecule has 4 aromatic rings. The van der Waals surface area contributed by atoms with E-state index in [2.05, 4.69) is 32.7 Å². The number of unbranched alkanes of at least 4 members (excludes halogenated alkanes) is 6. The molecule has 0 spiro atoms. The standard InChI is InChI=1S/C45H54N2O12S4/c1-7-9-11-16-24-46-36-22-20-32-34(26-30(61(49,50)51)28-38(32)60-59-58-48)42(36)44(3,4)40(46)18-14-13-15-19-41-45(5,6)43-35-27-31(62(52,53)54)29-39(63(55,56)57)33(35)21-23-37(43)47(41)25-17-12-10-8-2/h13-15,18-23,26-29H,7-12,16-17,24-25H2,1-6H3,(H3-,48,49,50,51,52,53,54,55,56,57). The van der Waals surface area contributed by atoms with Gasteiger partial charge in [-0.2, -0.15) is 34.2 Å². The summed E-state index contributed by atoms with van der Waals surface area (Å²) >= 11 is 0.551. The van der Waals surface area contributed by atoms with Crippen LogP contribution in [0.15, 0.2) is 104 Å². The monoisotopic (exact) mass is 942 g/mol. The van der Waals surface area contributed by atoms with Gasteiger partial charge in [-0.1, -0.05) is 84.1 Å². The Morgan fingerprint density at radius 3 is 1.94 bits per heavy atom. The molecule has 3 N–H and O–H groups in total. The van der Waals surface area contributed by atoms with Crippen LogP contribution in [0.1, 0.15) is 104 Å². The van der Waals surface area contributed by atoms with Crippen LogP contribution < -0.4 is 10.2 Å². The fourth-order valence-corrected chi connectivity index (χ4v) is 11.6. The van der Waals surface area contributed by atoms with Crippen molar-refractivity contribution in [2.24, 2.45) is 0 Å². The third-order valence-corrected chi connectivity index (χ3v) is 15.2. The maximum atomic E-state index is 12.6. The second-order valence-corrected chi connectivity index (χ2v) is 21.9. The minimum atomic E-state index is -4.89. The van der Waals surface area contributed by atoms with E-state index in [9.17, 15) is 44.2 Å².